The molecule has 1 aromatic carbocycles. The van der Waals surface area contributed by atoms with Crippen LogP contribution in [-0.2, 0) is 4.79 Å². The van der Waals surface area contributed by atoms with Gasteiger partial charge in [0.05, 0.1) is 5.39 Å². The second-order valence-electron chi connectivity index (χ2n) is 6.21. The maximum Gasteiger partial charge on any atom is 0.224 e. The van der Waals surface area contributed by atoms with Gasteiger partial charge in [0, 0.05) is 24.0 Å². The summed E-state index contributed by atoms with van der Waals surface area (Å²) in [4.78, 5) is 23.7. The standard InChI is InChI=1S/C18H21N5O/c1-11(2)10-16(24)22-13-4-6-14(7-5-13)23-18-15-8-9-19-17(15)20-12(3)21-18/h4-9,11H,10H2,1-3H3,(H,22,24)(H2,19,20,21,23). The minimum atomic E-state index is 0.0335. The fourth-order valence-electron chi connectivity index (χ4n) is 2.50. The Labute approximate surface area is 140 Å². The second-order valence-corrected chi connectivity index (χ2v) is 6.21. The fraction of sp³-hybridized carbons (Fsp3) is 0.278. The van der Waals surface area contributed by atoms with E-state index in [0.29, 0.717) is 18.2 Å². The highest BCUT2D eigenvalue weighted by atomic mass is 16.1. The molecule has 0 aliphatic heterocycles. The quantitative estimate of drug-likeness (QED) is 0.663. The highest BCUT2D eigenvalue weighted by Crippen LogP contribution is 2.24. The van der Waals surface area contributed by atoms with Crippen molar-refractivity contribution in [2.45, 2.75) is 27.2 Å². The number of aromatic amines is 1. The number of H-pyrrole nitrogens is 1. The van der Waals surface area contributed by atoms with Gasteiger partial charge in [-0.1, -0.05) is 13.8 Å². The fourth-order valence-corrected chi connectivity index (χ4v) is 2.50. The number of hydrogen-bond donors (Lipinski definition) is 3. The molecule has 0 fully saturated rings. The zero-order chi connectivity index (χ0) is 17.1. The van der Waals surface area contributed by atoms with E-state index in [2.05, 4.69) is 25.6 Å². The molecule has 0 spiro atoms. The summed E-state index contributed by atoms with van der Waals surface area (Å²) in [6, 6.07) is 9.53. The number of hydrogen-bond acceptors (Lipinski definition) is 4. The van der Waals surface area contributed by atoms with Crippen molar-refractivity contribution >= 4 is 34.1 Å². The van der Waals surface area contributed by atoms with Gasteiger partial charge in [0.15, 0.2) is 0 Å². The number of amides is 1. The summed E-state index contributed by atoms with van der Waals surface area (Å²) in [5, 5.41) is 7.14. The van der Waals surface area contributed by atoms with E-state index in [-0.39, 0.29) is 5.91 Å². The van der Waals surface area contributed by atoms with E-state index in [1.807, 2.05) is 57.3 Å². The third-order valence-electron chi connectivity index (χ3n) is 3.55. The molecule has 0 aliphatic rings. The van der Waals surface area contributed by atoms with Gasteiger partial charge in [0.2, 0.25) is 5.91 Å². The van der Waals surface area contributed by atoms with E-state index in [1.54, 1.807) is 0 Å². The molecule has 1 amide bonds. The largest absolute Gasteiger partial charge is 0.346 e. The van der Waals surface area contributed by atoms with Crippen molar-refractivity contribution in [3.05, 3.63) is 42.4 Å². The average Bonchev–Trinajstić information content (AvgIpc) is 2.96. The molecule has 3 N–H and O–H groups in total. The van der Waals surface area contributed by atoms with E-state index in [1.165, 1.54) is 0 Å². The lowest BCUT2D eigenvalue weighted by molar-refractivity contribution is -0.116. The van der Waals surface area contributed by atoms with Crippen LogP contribution in [-0.4, -0.2) is 20.9 Å². The van der Waals surface area contributed by atoms with Crippen LogP contribution in [0.1, 0.15) is 26.1 Å². The van der Waals surface area contributed by atoms with E-state index in [9.17, 15) is 4.79 Å². The van der Waals surface area contributed by atoms with Crippen LogP contribution in [0.2, 0.25) is 0 Å². The van der Waals surface area contributed by atoms with Crippen LogP contribution in [0.3, 0.4) is 0 Å². The third-order valence-corrected chi connectivity index (χ3v) is 3.55. The Morgan fingerprint density at radius 1 is 1.12 bits per heavy atom. The van der Waals surface area contributed by atoms with Crippen LogP contribution in [0, 0.1) is 12.8 Å². The lowest BCUT2D eigenvalue weighted by Crippen LogP contribution is -2.13. The van der Waals surface area contributed by atoms with Crippen LogP contribution >= 0.6 is 0 Å². The number of benzene rings is 1. The second kappa shape index (κ2) is 6.70. The van der Waals surface area contributed by atoms with Crippen molar-refractivity contribution in [2.75, 3.05) is 10.6 Å². The van der Waals surface area contributed by atoms with Crippen molar-refractivity contribution in [2.24, 2.45) is 5.92 Å². The number of carbonyl (C=O) groups excluding carboxylic acids is 1. The lowest BCUT2D eigenvalue weighted by Gasteiger charge is -2.10. The monoisotopic (exact) mass is 323 g/mol. The Morgan fingerprint density at radius 3 is 2.54 bits per heavy atom. The Kier molecular flexibility index (Phi) is 4.46. The SMILES string of the molecule is Cc1nc(Nc2ccc(NC(=O)CC(C)C)cc2)c2cc[nH]c2n1. The number of rotatable bonds is 5. The molecule has 0 saturated heterocycles. The normalized spacial score (nSPS) is 11.0. The Balaban J connectivity index is 1.74. The zero-order valence-corrected chi connectivity index (χ0v) is 14.1. The first-order valence-electron chi connectivity index (χ1n) is 8.00. The number of anilines is 3. The van der Waals surface area contributed by atoms with E-state index >= 15 is 0 Å². The van der Waals surface area contributed by atoms with Crippen molar-refractivity contribution in [1.29, 1.82) is 0 Å². The molecule has 0 bridgehead atoms. The highest BCUT2D eigenvalue weighted by Gasteiger charge is 2.08. The smallest absolute Gasteiger partial charge is 0.224 e. The van der Waals surface area contributed by atoms with E-state index in [0.717, 1.165) is 28.2 Å². The highest BCUT2D eigenvalue weighted by molar-refractivity contribution is 5.91. The maximum absolute atomic E-state index is 11.8. The summed E-state index contributed by atoms with van der Waals surface area (Å²) in [6.45, 7) is 5.91. The number of aromatic nitrogens is 3. The third kappa shape index (κ3) is 3.71. The van der Waals surface area contributed by atoms with Crippen LogP contribution in [0.4, 0.5) is 17.2 Å². The minimum Gasteiger partial charge on any atom is -0.346 e. The summed E-state index contributed by atoms with van der Waals surface area (Å²) in [5.41, 5.74) is 2.50. The van der Waals surface area contributed by atoms with E-state index in [4.69, 9.17) is 0 Å². The minimum absolute atomic E-state index is 0.0335. The number of fused-ring (bicyclic) bond motifs is 1. The number of aryl methyl sites for hydroxylation is 1. The van der Waals surface area contributed by atoms with Gasteiger partial charge in [0.1, 0.15) is 17.3 Å². The topological polar surface area (TPSA) is 82.7 Å². The molecular formula is C18H21N5O. The molecule has 0 unspecified atom stereocenters. The van der Waals surface area contributed by atoms with Gasteiger partial charge in [-0.25, -0.2) is 9.97 Å². The molecule has 2 heterocycles. The number of nitrogens with zero attached hydrogens (tertiary/aromatic N) is 2. The first kappa shape index (κ1) is 16.0. The number of carbonyl (C=O) groups is 1. The van der Waals surface area contributed by atoms with Gasteiger partial charge in [0.25, 0.3) is 0 Å². The van der Waals surface area contributed by atoms with Gasteiger partial charge in [-0.15, -0.1) is 0 Å². The Hall–Kier alpha value is -2.89. The van der Waals surface area contributed by atoms with Gasteiger partial charge in [-0.2, -0.15) is 0 Å². The predicted molar refractivity (Wildman–Crippen MR) is 96.4 cm³/mol. The van der Waals surface area contributed by atoms with Crippen LogP contribution in [0.25, 0.3) is 11.0 Å². The molecule has 6 heteroatoms. The van der Waals surface area contributed by atoms with Crippen molar-refractivity contribution in [3.8, 4) is 0 Å². The van der Waals surface area contributed by atoms with Crippen LogP contribution in [0.15, 0.2) is 36.5 Å². The van der Waals surface area contributed by atoms with Crippen molar-refractivity contribution < 1.29 is 4.79 Å². The molecule has 3 aromatic rings. The number of nitrogens with one attached hydrogen (secondary N) is 3. The van der Waals surface area contributed by atoms with Crippen LogP contribution in [0.5, 0.6) is 0 Å². The molecule has 6 nitrogen and oxygen atoms in total. The van der Waals surface area contributed by atoms with E-state index < -0.39 is 0 Å². The van der Waals surface area contributed by atoms with Crippen molar-refractivity contribution in [3.63, 3.8) is 0 Å². The first-order chi connectivity index (χ1) is 11.5. The Morgan fingerprint density at radius 2 is 1.83 bits per heavy atom. The summed E-state index contributed by atoms with van der Waals surface area (Å²) in [6.07, 6.45) is 2.36. The maximum atomic E-state index is 11.8. The van der Waals surface area contributed by atoms with Gasteiger partial charge < -0.3 is 15.6 Å². The summed E-state index contributed by atoms with van der Waals surface area (Å²) in [5.74, 6) is 1.84. The molecule has 124 valence electrons. The molecule has 3 rings (SSSR count). The molecule has 0 atom stereocenters. The molecule has 0 aliphatic carbocycles. The van der Waals surface area contributed by atoms with Gasteiger partial charge in [-0.05, 0) is 43.2 Å². The average molecular weight is 323 g/mol. The summed E-state index contributed by atoms with van der Waals surface area (Å²) in [7, 11) is 0. The Bertz CT molecular complexity index is 851. The molecule has 2 aromatic heterocycles. The van der Waals surface area contributed by atoms with Crippen LogP contribution < -0.4 is 10.6 Å². The lowest BCUT2D eigenvalue weighted by atomic mass is 10.1. The summed E-state index contributed by atoms with van der Waals surface area (Å²) >= 11 is 0. The van der Waals surface area contributed by atoms with Crippen molar-refractivity contribution in [1.82, 2.24) is 15.0 Å². The molecule has 24 heavy (non-hydrogen) atoms. The first-order valence-corrected chi connectivity index (χ1v) is 8.00. The molecule has 0 radical (unpaired) electrons. The molecular weight excluding hydrogens is 302 g/mol. The van der Waals surface area contributed by atoms with Gasteiger partial charge >= 0.3 is 0 Å². The summed E-state index contributed by atoms with van der Waals surface area (Å²) < 4.78 is 0. The molecule has 0 saturated carbocycles. The predicted octanol–water partition coefficient (Wildman–Crippen LogP) is 3.99. The van der Waals surface area contributed by atoms with Gasteiger partial charge in [-0.3, -0.25) is 4.79 Å². The zero-order valence-electron chi connectivity index (χ0n) is 14.1.